The summed E-state index contributed by atoms with van der Waals surface area (Å²) in [5.74, 6) is 6.45. The topological polar surface area (TPSA) is 0 Å². The molecule has 1 rings (SSSR count). The van der Waals surface area contributed by atoms with Crippen molar-refractivity contribution < 1.29 is 4.39 Å². The average Bonchev–Trinajstić information content (AvgIpc) is 2.17. The van der Waals surface area contributed by atoms with E-state index in [-0.39, 0.29) is 5.82 Å². The SMILES string of the molecule is CCc1ccc(C#CCC(C)C)cc1F. The second kappa shape index (κ2) is 5.56. The molecule has 0 bridgehead atoms. The quantitative estimate of drug-likeness (QED) is 0.643. The summed E-state index contributed by atoms with van der Waals surface area (Å²) in [6, 6.07) is 5.22. The lowest BCUT2D eigenvalue weighted by Gasteiger charge is -1.99. The van der Waals surface area contributed by atoms with Gasteiger partial charge in [-0.1, -0.05) is 38.7 Å². The van der Waals surface area contributed by atoms with Crippen LogP contribution in [0.3, 0.4) is 0 Å². The smallest absolute Gasteiger partial charge is 0.127 e. The van der Waals surface area contributed by atoms with Crippen molar-refractivity contribution in [2.75, 3.05) is 0 Å². The molecule has 0 aromatic heterocycles. The lowest BCUT2D eigenvalue weighted by Crippen LogP contribution is -1.88. The van der Waals surface area contributed by atoms with E-state index in [1.807, 2.05) is 19.1 Å². The number of rotatable bonds is 2. The number of halogens is 1. The molecule has 0 amide bonds. The average molecular weight is 204 g/mol. The van der Waals surface area contributed by atoms with Gasteiger partial charge in [0, 0.05) is 12.0 Å². The summed E-state index contributed by atoms with van der Waals surface area (Å²) in [6.07, 6.45) is 1.59. The van der Waals surface area contributed by atoms with Crippen molar-refractivity contribution in [3.05, 3.63) is 35.1 Å². The molecule has 0 radical (unpaired) electrons. The van der Waals surface area contributed by atoms with Crippen LogP contribution in [0.1, 0.15) is 38.3 Å². The zero-order chi connectivity index (χ0) is 11.3. The van der Waals surface area contributed by atoms with Gasteiger partial charge in [-0.3, -0.25) is 0 Å². The predicted molar refractivity (Wildman–Crippen MR) is 62.1 cm³/mol. The van der Waals surface area contributed by atoms with Crippen molar-refractivity contribution >= 4 is 0 Å². The van der Waals surface area contributed by atoms with Gasteiger partial charge in [0.1, 0.15) is 5.82 Å². The van der Waals surface area contributed by atoms with E-state index in [0.29, 0.717) is 5.92 Å². The molecule has 1 aromatic rings. The van der Waals surface area contributed by atoms with Gasteiger partial charge < -0.3 is 0 Å². The maximum Gasteiger partial charge on any atom is 0.127 e. The van der Waals surface area contributed by atoms with Gasteiger partial charge in [-0.2, -0.15) is 0 Å². The fourth-order valence-corrected chi connectivity index (χ4v) is 1.27. The molecule has 0 atom stereocenters. The summed E-state index contributed by atoms with van der Waals surface area (Å²) in [6.45, 7) is 6.19. The first kappa shape index (κ1) is 11.8. The van der Waals surface area contributed by atoms with Crippen molar-refractivity contribution in [1.29, 1.82) is 0 Å². The van der Waals surface area contributed by atoms with E-state index in [2.05, 4.69) is 25.7 Å². The molecule has 0 saturated heterocycles. The van der Waals surface area contributed by atoms with Crippen LogP contribution in [-0.2, 0) is 6.42 Å². The zero-order valence-electron chi connectivity index (χ0n) is 9.60. The number of aryl methyl sites for hydroxylation is 1. The molecule has 0 aliphatic rings. The van der Waals surface area contributed by atoms with Gasteiger partial charge in [-0.05, 0) is 30.0 Å². The Morgan fingerprint density at radius 1 is 1.33 bits per heavy atom. The highest BCUT2D eigenvalue weighted by molar-refractivity contribution is 5.37. The summed E-state index contributed by atoms with van der Waals surface area (Å²) in [5.41, 5.74) is 1.52. The van der Waals surface area contributed by atoms with Crippen LogP contribution in [0.4, 0.5) is 4.39 Å². The molecule has 0 nitrogen and oxygen atoms in total. The third-order valence-electron chi connectivity index (χ3n) is 2.18. The minimum absolute atomic E-state index is 0.145. The minimum atomic E-state index is -0.145. The standard InChI is InChI=1S/C14H17F/c1-4-13-9-8-12(10-14(13)15)7-5-6-11(2)3/h8-11H,4,6H2,1-3H3. The number of benzene rings is 1. The number of hydrogen-bond acceptors (Lipinski definition) is 0. The Bertz CT molecular complexity index is 380. The molecular formula is C14H17F. The van der Waals surface area contributed by atoms with Crippen molar-refractivity contribution in [3.8, 4) is 11.8 Å². The first-order valence-corrected chi connectivity index (χ1v) is 5.40. The third-order valence-corrected chi connectivity index (χ3v) is 2.18. The Morgan fingerprint density at radius 2 is 2.07 bits per heavy atom. The van der Waals surface area contributed by atoms with Crippen LogP contribution < -0.4 is 0 Å². The molecule has 0 spiro atoms. The van der Waals surface area contributed by atoms with E-state index in [0.717, 1.165) is 24.0 Å². The van der Waals surface area contributed by atoms with E-state index >= 15 is 0 Å². The van der Waals surface area contributed by atoms with Crippen LogP contribution in [0.5, 0.6) is 0 Å². The van der Waals surface area contributed by atoms with E-state index in [1.54, 1.807) is 0 Å². The summed E-state index contributed by atoms with van der Waals surface area (Å²) >= 11 is 0. The van der Waals surface area contributed by atoms with Crippen LogP contribution in [0.15, 0.2) is 18.2 Å². The molecular weight excluding hydrogens is 187 g/mol. The maximum absolute atomic E-state index is 13.4. The molecule has 0 saturated carbocycles. The molecule has 0 heterocycles. The van der Waals surface area contributed by atoms with E-state index in [9.17, 15) is 4.39 Å². The van der Waals surface area contributed by atoms with Gasteiger partial charge in [-0.15, -0.1) is 0 Å². The van der Waals surface area contributed by atoms with Crippen LogP contribution in [0, 0.1) is 23.6 Å². The molecule has 0 N–H and O–H groups in total. The summed E-state index contributed by atoms with van der Waals surface area (Å²) in [4.78, 5) is 0. The second-order valence-electron chi connectivity index (χ2n) is 4.06. The molecule has 80 valence electrons. The lowest BCUT2D eigenvalue weighted by molar-refractivity contribution is 0.612. The van der Waals surface area contributed by atoms with Crippen LogP contribution >= 0.6 is 0 Å². The van der Waals surface area contributed by atoms with Crippen molar-refractivity contribution in [2.24, 2.45) is 5.92 Å². The van der Waals surface area contributed by atoms with Crippen LogP contribution in [-0.4, -0.2) is 0 Å². The van der Waals surface area contributed by atoms with Crippen molar-refractivity contribution in [2.45, 2.75) is 33.6 Å². The molecule has 0 unspecified atom stereocenters. The summed E-state index contributed by atoms with van der Waals surface area (Å²) in [5, 5.41) is 0. The molecule has 15 heavy (non-hydrogen) atoms. The van der Waals surface area contributed by atoms with Gasteiger partial charge in [-0.25, -0.2) is 4.39 Å². The highest BCUT2D eigenvalue weighted by Crippen LogP contribution is 2.10. The van der Waals surface area contributed by atoms with Gasteiger partial charge in [0.25, 0.3) is 0 Å². The Morgan fingerprint density at radius 3 is 2.60 bits per heavy atom. The summed E-state index contributed by atoms with van der Waals surface area (Å²) in [7, 11) is 0. The van der Waals surface area contributed by atoms with Crippen LogP contribution in [0.2, 0.25) is 0 Å². The first-order chi connectivity index (χ1) is 7.13. The van der Waals surface area contributed by atoms with Crippen LogP contribution in [0.25, 0.3) is 0 Å². The van der Waals surface area contributed by atoms with Gasteiger partial charge in [0.15, 0.2) is 0 Å². The molecule has 1 aromatic carbocycles. The fraction of sp³-hybridized carbons (Fsp3) is 0.429. The summed E-state index contributed by atoms with van der Waals surface area (Å²) < 4.78 is 13.4. The second-order valence-corrected chi connectivity index (χ2v) is 4.06. The third kappa shape index (κ3) is 3.75. The highest BCUT2D eigenvalue weighted by Gasteiger charge is 1.99. The molecule has 0 aliphatic heterocycles. The Hall–Kier alpha value is -1.29. The van der Waals surface area contributed by atoms with Crippen molar-refractivity contribution in [1.82, 2.24) is 0 Å². The number of hydrogen-bond donors (Lipinski definition) is 0. The first-order valence-electron chi connectivity index (χ1n) is 5.40. The Kier molecular flexibility index (Phi) is 4.37. The molecule has 0 aliphatic carbocycles. The molecule has 0 fully saturated rings. The largest absolute Gasteiger partial charge is 0.207 e. The van der Waals surface area contributed by atoms with E-state index in [1.165, 1.54) is 6.07 Å². The Balaban J connectivity index is 2.78. The molecule has 1 heteroatoms. The lowest BCUT2D eigenvalue weighted by atomic mass is 10.1. The predicted octanol–water partition coefficient (Wildman–Crippen LogP) is 3.79. The van der Waals surface area contributed by atoms with Gasteiger partial charge in [0.05, 0.1) is 0 Å². The fourth-order valence-electron chi connectivity index (χ4n) is 1.27. The van der Waals surface area contributed by atoms with E-state index in [4.69, 9.17) is 0 Å². The van der Waals surface area contributed by atoms with Crippen molar-refractivity contribution in [3.63, 3.8) is 0 Å². The zero-order valence-corrected chi connectivity index (χ0v) is 9.60. The monoisotopic (exact) mass is 204 g/mol. The maximum atomic E-state index is 13.4. The minimum Gasteiger partial charge on any atom is -0.207 e. The Labute approximate surface area is 91.5 Å². The van der Waals surface area contributed by atoms with Gasteiger partial charge >= 0.3 is 0 Å². The highest BCUT2D eigenvalue weighted by atomic mass is 19.1. The van der Waals surface area contributed by atoms with E-state index < -0.39 is 0 Å². The van der Waals surface area contributed by atoms with Gasteiger partial charge in [0.2, 0.25) is 0 Å². The normalized spacial score (nSPS) is 9.93.